The van der Waals surface area contributed by atoms with Crippen molar-refractivity contribution < 1.29 is 14.7 Å². The molecule has 5 nitrogen and oxygen atoms in total. The summed E-state index contributed by atoms with van der Waals surface area (Å²) < 4.78 is 0. The Morgan fingerprint density at radius 3 is 2.25 bits per heavy atom. The summed E-state index contributed by atoms with van der Waals surface area (Å²) >= 11 is 0. The van der Waals surface area contributed by atoms with Crippen LogP contribution >= 0.6 is 0 Å². The van der Waals surface area contributed by atoms with Gasteiger partial charge in [0.2, 0.25) is 5.91 Å². The van der Waals surface area contributed by atoms with Gasteiger partial charge < -0.3 is 15.3 Å². The smallest absolute Gasteiger partial charge is 0.286 e. The molecule has 0 aliphatic carbocycles. The Kier molecular flexibility index (Phi) is 3.82. The Hall–Kier alpha value is -1.52. The lowest BCUT2D eigenvalue weighted by molar-refractivity contribution is -0.125. The van der Waals surface area contributed by atoms with Crippen molar-refractivity contribution in [2.75, 3.05) is 21.1 Å². The van der Waals surface area contributed by atoms with Gasteiger partial charge in [0.15, 0.2) is 5.76 Å². The van der Waals surface area contributed by atoms with E-state index < -0.39 is 17.6 Å². The maximum atomic E-state index is 10.9. The van der Waals surface area contributed by atoms with Gasteiger partial charge in [-0.15, -0.1) is 0 Å². The molecule has 0 atom stereocenters. The third-order valence-electron chi connectivity index (χ3n) is 1.16. The van der Waals surface area contributed by atoms with Crippen LogP contribution in [0.5, 0.6) is 0 Å². The minimum Gasteiger partial charge on any atom is -0.503 e. The van der Waals surface area contributed by atoms with Crippen LogP contribution in [0, 0.1) is 0 Å². The van der Waals surface area contributed by atoms with E-state index >= 15 is 0 Å². The number of hydrogen-bond acceptors (Lipinski definition) is 3. The van der Waals surface area contributed by atoms with Crippen LogP contribution in [0.4, 0.5) is 0 Å². The fourth-order valence-electron chi connectivity index (χ4n) is 0.440. The number of carbonyl (C=O) groups is 2. The van der Waals surface area contributed by atoms with Gasteiger partial charge in [-0.2, -0.15) is 0 Å². The molecule has 0 bridgehead atoms. The number of hydrogen-bond donors (Lipinski definition) is 2. The highest BCUT2D eigenvalue weighted by Gasteiger charge is 2.07. The molecule has 0 aromatic rings. The lowest BCUT2D eigenvalue weighted by atomic mass is 10.4. The van der Waals surface area contributed by atoms with Gasteiger partial charge in [-0.05, 0) is 0 Å². The molecule has 5 heteroatoms. The fraction of sp³-hybridized carbons (Fsp3) is 0.429. The first-order chi connectivity index (χ1) is 5.49. The van der Waals surface area contributed by atoms with Crippen LogP contribution in [-0.4, -0.2) is 43.0 Å². The number of aliphatic hydroxyl groups excluding tert-OH is 1. The lowest BCUT2D eigenvalue weighted by Gasteiger charge is -2.05. The van der Waals surface area contributed by atoms with Crippen molar-refractivity contribution >= 4 is 11.8 Å². The second kappa shape index (κ2) is 4.38. The summed E-state index contributed by atoms with van der Waals surface area (Å²) in [7, 11) is 4.42. The minimum atomic E-state index is -0.676. The first kappa shape index (κ1) is 10.5. The molecule has 0 spiro atoms. The zero-order valence-corrected chi connectivity index (χ0v) is 7.29. The Morgan fingerprint density at radius 1 is 1.42 bits per heavy atom. The van der Waals surface area contributed by atoms with Crippen molar-refractivity contribution in [3.8, 4) is 0 Å². The Bertz CT molecular complexity index is 221. The topological polar surface area (TPSA) is 69.6 Å². The highest BCUT2D eigenvalue weighted by Crippen LogP contribution is 1.90. The highest BCUT2D eigenvalue weighted by molar-refractivity contribution is 5.98. The molecule has 2 amide bonds. The molecule has 0 radical (unpaired) electrons. The van der Waals surface area contributed by atoms with Crippen LogP contribution < -0.4 is 5.32 Å². The molecule has 0 saturated carbocycles. The standard InChI is InChI=1S/C7H12N2O3/c1-8-7(12)5(10)4-6(11)9(2)3/h4,10H,1-3H3,(H,8,12). The van der Waals surface area contributed by atoms with Gasteiger partial charge in [0.05, 0.1) is 6.08 Å². The molecular weight excluding hydrogens is 160 g/mol. The van der Waals surface area contributed by atoms with E-state index in [2.05, 4.69) is 5.32 Å². The number of nitrogens with zero attached hydrogens (tertiary/aromatic N) is 1. The summed E-state index contributed by atoms with van der Waals surface area (Å²) in [6, 6.07) is 0. The lowest BCUT2D eigenvalue weighted by Crippen LogP contribution is -2.24. The molecular formula is C7H12N2O3. The van der Waals surface area contributed by atoms with Crippen molar-refractivity contribution in [2.24, 2.45) is 0 Å². The van der Waals surface area contributed by atoms with Crippen LogP contribution in [0.25, 0.3) is 0 Å². The number of likely N-dealkylation sites (N-methyl/N-ethyl adjacent to an activating group) is 2. The van der Waals surface area contributed by atoms with Crippen molar-refractivity contribution in [3.63, 3.8) is 0 Å². The van der Waals surface area contributed by atoms with Crippen molar-refractivity contribution in [1.29, 1.82) is 0 Å². The Labute approximate surface area is 70.7 Å². The second-order valence-electron chi connectivity index (χ2n) is 2.34. The molecule has 0 aliphatic heterocycles. The normalized spacial score (nSPS) is 10.8. The summed E-state index contributed by atoms with van der Waals surface area (Å²) in [5, 5.41) is 11.1. The summed E-state index contributed by atoms with van der Waals surface area (Å²) in [5.74, 6) is -1.70. The quantitative estimate of drug-likeness (QED) is 0.426. The number of carbonyl (C=O) groups excluding carboxylic acids is 2. The van der Waals surface area contributed by atoms with E-state index in [9.17, 15) is 9.59 Å². The SMILES string of the molecule is CNC(=O)C(O)=CC(=O)N(C)C. The first-order valence-corrected chi connectivity index (χ1v) is 3.33. The van der Waals surface area contributed by atoms with E-state index in [1.54, 1.807) is 0 Å². The second-order valence-corrected chi connectivity index (χ2v) is 2.34. The monoisotopic (exact) mass is 172 g/mol. The van der Waals surface area contributed by atoms with E-state index in [4.69, 9.17) is 5.11 Å². The minimum absolute atomic E-state index is 0.434. The zero-order valence-electron chi connectivity index (χ0n) is 7.29. The molecule has 0 saturated heterocycles. The summed E-state index contributed by atoms with van der Waals surface area (Å²) in [4.78, 5) is 22.8. The molecule has 0 rings (SSSR count). The maximum Gasteiger partial charge on any atom is 0.286 e. The van der Waals surface area contributed by atoms with Crippen molar-refractivity contribution in [1.82, 2.24) is 10.2 Å². The van der Waals surface area contributed by atoms with E-state index in [1.807, 2.05) is 0 Å². The van der Waals surface area contributed by atoms with Crippen LogP contribution in [0.3, 0.4) is 0 Å². The van der Waals surface area contributed by atoms with Crippen molar-refractivity contribution in [3.05, 3.63) is 11.8 Å². The number of nitrogens with one attached hydrogen (secondary N) is 1. The van der Waals surface area contributed by atoms with Gasteiger partial charge in [0, 0.05) is 21.1 Å². The molecule has 0 aliphatic rings. The van der Waals surface area contributed by atoms with Crippen LogP contribution in [0.2, 0.25) is 0 Å². The average molecular weight is 172 g/mol. The predicted molar refractivity (Wildman–Crippen MR) is 43.5 cm³/mol. The van der Waals surface area contributed by atoms with Gasteiger partial charge in [-0.25, -0.2) is 0 Å². The predicted octanol–water partition coefficient (Wildman–Crippen LogP) is -0.737. The van der Waals surface area contributed by atoms with E-state index in [-0.39, 0.29) is 0 Å². The van der Waals surface area contributed by atoms with Gasteiger partial charge >= 0.3 is 0 Å². The fourth-order valence-corrected chi connectivity index (χ4v) is 0.440. The van der Waals surface area contributed by atoms with E-state index in [0.29, 0.717) is 0 Å². The summed E-state index contributed by atoms with van der Waals surface area (Å²) in [6.45, 7) is 0. The maximum absolute atomic E-state index is 10.9. The van der Waals surface area contributed by atoms with Gasteiger partial charge in [-0.1, -0.05) is 0 Å². The third-order valence-corrected chi connectivity index (χ3v) is 1.16. The molecule has 68 valence electrons. The zero-order chi connectivity index (χ0) is 9.72. The third kappa shape index (κ3) is 3.05. The number of amides is 2. The Balaban J connectivity index is 4.36. The van der Waals surface area contributed by atoms with Crippen molar-refractivity contribution in [2.45, 2.75) is 0 Å². The summed E-state index contributed by atoms with van der Waals surface area (Å²) in [5.41, 5.74) is 0. The van der Waals surface area contributed by atoms with Crippen LogP contribution in [0.1, 0.15) is 0 Å². The molecule has 0 aromatic carbocycles. The molecule has 0 aromatic heterocycles. The van der Waals surface area contributed by atoms with Gasteiger partial charge in [-0.3, -0.25) is 9.59 Å². The number of aliphatic hydroxyl groups is 1. The largest absolute Gasteiger partial charge is 0.503 e. The number of rotatable bonds is 2. The molecule has 0 fully saturated rings. The van der Waals surface area contributed by atoms with Crippen LogP contribution in [0.15, 0.2) is 11.8 Å². The molecule has 2 N–H and O–H groups in total. The van der Waals surface area contributed by atoms with Crippen LogP contribution in [-0.2, 0) is 9.59 Å². The summed E-state index contributed by atoms with van der Waals surface area (Å²) in [6.07, 6.45) is 0.860. The van der Waals surface area contributed by atoms with Gasteiger partial charge in [0.25, 0.3) is 5.91 Å². The highest BCUT2D eigenvalue weighted by atomic mass is 16.3. The molecule has 12 heavy (non-hydrogen) atoms. The Morgan fingerprint density at radius 2 is 1.92 bits per heavy atom. The molecule has 0 heterocycles. The van der Waals surface area contributed by atoms with Gasteiger partial charge in [0.1, 0.15) is 0 Å². The molecule has 0 unspecified atom stereocenters. The van der Waals surface area contributed by atoms with E-state index in [0.717, 1.165) is 6.08 Å². The van der Waals surface area contributed by atoms with E-state index in [1.165, 1.54) is 26.0 Å². The first-order valence-electron chi connectivity index (χ1n) is 3.33. The average Bonchev–Trinajstić information content (AvgIpc) is 2.02.